The third-order valence-corrected chi connectivity index (χ3v) is 6.32. The third kappa shape index (κ3) is 7.17. The van der Waals surface area contributed by atoms with Crippen LogP contribution >= 0.6 is 0 Å². The van der Waals surface area contributed by atoms with Gasteiger partial charge in [0.15, 0.2) is 0 Å². The molecule has 0 aliphatic heterocycles. The van der Waals surface area contributed by atoms with Crippen LogP contribution in [0.4, 0.5) is 4.79 Å². The first kappa shape index (κ1) is 26.9. The number of urea groups is 1. The predicted octanol–water partition coefficient (Wildman–Crippen LogP) is 5.40. The Hall–Kier alpha value is -3.67. The number of amides is 3. The molecule has 1 aromatic heterocycles. The van der Waals surface area contributed by atoms with E-state index in [-0.39, 0.29) is 29.9 Å². The van der Waals surface area contributed by atoms with Crippen LogP contribution in [0.3, 0.4) is 0 Å². The second-order valence-corrected chi connectivity index (χ2v) is 9.77. The summed E-state index contributed by atoms with van der Waals surface area (Å²) < 4.78 is 0. The molecule has 2 N–H and O–H groups in total. The molecular formula is C30H38N4O2. The second-order valence-electron chi connectivity index (χ2n) is 9.77. The van der Waals surface area contributed by atoms with Gasteiger partial charge in [0.25, 0.3) is 0 Å². The highest BCUT2D eigenvalue weighted by atomic mass is 16.2. The van der Waals surface area contributed by atoms with Gasteiger partial charge in [-0.05, 0) is 57.4 Å². The van der Waals surface area contributed by atoms with Crippen molar-refractivity contribution in [3.63, 3.8) is 0 Å². The van der Waals surface area contributed by atoms with E-state index in [1.54, 1.807) is 12.4 Å². The van der Waals surface area contributed by atoms with Gasteiger partial charge < -0.3 is 15.5 Å². The van der Waals surface area contributed by atoms with Crippen LogP contribution in [0.1, 0.15) is 61.8 Å². The van der Waals surface area contributed by atoms with Gasteiger partial charge in [-0.1, -0.05) is 66.2 Å². The maximum Gasteiger partial charge on any atom is 0.315 e. The Labute approximate surface area is 215 Å². The molecule has 0 saturated heterocycles. The van der Waals surface area contributed by atoms with Crippen molar-refractivity contribution in [1.29, 1.82) is 0 Å². The molecule has 36 heavy (non-hydrogen) atoms. The van der Waals surface area contributed by atoms with E-state index in [1.165, 1.54) is 0 Å². The van der Waals surface area contributed by atoms with Crippen molar-refractivity contribution in [2.75, 3.05) is 6.54 Å². The maximum atomic E-state index is 14.1. The first-order chi connectivity index (χ1) is 17.3. The van der Waals surface area contributed by atoms with Crippen molar-refractivity contribution in [3.05, 3.63) is 101 Å². The van der Waals surface area contributed by atoms with Crippen LogP contribution in [0.25, 0.3) is 0 Å². The van der Waals surface area contributed by atoms with Gasteiger partial charge in [0, 0.05) is 43.5 Å². The largest absolute Gasteiger partial charge is 0.338 e. The monoisotopic (exact) mass is 486 g/mol. The smallest absolute Gasteiger partial charge is 0.315 e. The Morgan fingerprint density at radius 2 is 1.56 bits per heavy atom. The highest BCUT2D eigenvalue weighted by Gasteiger charge is 2.36. The maximum absolute atomic E-state index is 14.1. The van der Waals surface area contributed by atoms with Crippen LogP contribution in [-0.4, -0.2) is 40.5 Å². The molecule has 0 aliphatic carbocycles. The lowest BCUT2D eigenvalue weighted by Gasteiger charge is -2.37. The number of aryl methyl sites for hydroxylation is 1. The van der Waals surface area contributed by atoms with Gasteiger partial charge in [-0.2, -0.15) is 0 Å². The molecule has 1 heterocycles. The summed E-state index contributed by atoms with van der Waals surface area (Å²) in [6.07, 6.45) is 3.47. The molecule has 6 nitrogen and oxygen atoms in total. The number of nitrogens with zero attached hydrogens (tertiary/aromatic N) is 2. The molecule has 0 spiro atoms. The third-order valence-electron chi connectivity index (χ3n) is 6.32. The predicted molar refractivity (Wildman–Crippen MR) is 145 cm³/mol. The zero-order chi connectivity index (χ0) is 26.1. The van der Waals surface area contributed by atoms with Crippen molar-refractivity contribution >= 4 is 11.9 Å². The minimum Gasteiger partial charge on any atom is -0.338 e. The van der Waals surface area contributed by atoms with Crippen molar-refractivity contribution in [3.8, 4) is 0 Å². The van der Waals surface area contributed by atoms with Crippen molar-refractivity contribution in [2.24, 2.45) is 0 Å². The van der Waals surface area contributed by atoms with Crippen molar-refractivity contribution < 1.29 is 9.59 Å². The van der Waals surface area contributed by atoms with E-state index in [4.69, 9.17) is 0 Å². The molecule has 0 saturated carbocycles. The number of hydrogen-bond donors (Lipinski definition) is 2. The van der Waals surface area contributed by atoms with Crippen LogP contribution in [0.15, 0.2) is 79.1 Å². The van der Waals surface area contributed by atoms with Crippen LogP contribution in [0.2, 0.25) is 0 Å². The normalized spacial score (nSPS) is 12.8. The second kappa shape index (κ2) is 12.9. The summed E-state index contributed by atoms with van der Waals surface area (Å²) in [5.74, 6) is -0.737. The number of carbonyl (C=O) groups excluding carboxylic acids is 2. The number of rotatable bonds is 10. The molecule has 2 aromatic carbocycles. The summed E-state index contributed by atoms with van der Waals surface area (Å²) in [4.78, 5) is 33.1. The summed E-state index contributed by atoms with van der Waals surface area (Å²) in [5, 5.41) is 5.97. The van der Waals surface area contributed by atoms with Crippen LogP contribution < -0.4 is 10.6 Å². The Kier molecular flexibility index (Phi) is 9.62. The van der Waals surface area contributed by atoms with E-state index in [9.17, 15) is 9.59 Å². The number of carbonyl (C=O) groups is 2. The van der Waals surface area contributed by atoms with E-state index < -0.39 is 5.92 Å². The zero-order valence-corrected chi connectivity index (χ0v) is 21.9. The lowest BCUT2D eigenvalue weighted by Crippen LogP contribution is -2.47. The Bertz CT molecular complexity index is 1110. The molecule has 6 heteroatoms. The van der Waals surface area contributed by atoms with E-state index in [0.717, 1.165) is 22.3 Å². The van der Waals surface area contributed by atoms with Crippen molar-refractivity contribution in [1.82, 2.24) is 20.5 Å². The molecule has 0 radical (unpaired) electrons. The molecule has 190 valence electrons. The highest BCUT2D eigenvalue weighted by Crippen LogP contribution is 2.35. The van der Waals surface area contributed by atoms with Gasteiger partial charge in [-0.15, -0.1) is 0 Å². The summed E-state index contributed by atoms with van der Waals surface area (Å²) in [6.45, 7) is 10.9. The molecule has 3 aromatic rings. The zero-order valence-electron chi connectivity index (χ0n) is 21.9. The van der Waals surface area contributed by atoms with Gasteiger partial charge in [-0.3, -0.25) is 9.78 Å². The van der Waals surface area contributed by atoms with E-state index in [0.29, 0.717) is 13.1 Å². The van der Waals surface area contributed by atoms with Crippen molar-refractivity contribution in [2.45, 2.75) is 65.1 Å². The SMILES string of the molecule is Cc1cccc(CNC(=O)NCC(c2ccccc2)C(C(=O)N(C(C)C)C(C)C)c2cccnc2)c1. The number of pyridine rings is 1. The number of benzene rings is 2. The quantitative estimate of drug-likeness (QED) is 0.403. The first-order valence-corrected chi connectivity index (χ1v) is 12.6. The van der Waals surface area contributed by atoms with Crippen LogP contribution in [0, 0.1) is 6.92 Å². The standard InChI is InChI=1S/C30H38N4O2/c1-21(2)34(22(3)4)29(35)28(26-15-10-16-31-19-26)27(25-13-7-6-8-14-25)20-33-30(36)32-18-24-12-9-11-23(5)17-24/h6-17,19,21-22,27-28H,18,20H2,1-5H3,(H2,32,33,36). The van der Waals surface area contributed by atoms with Crippen LogP contribution in [0.5, 0.6) is 0 Å². The van der Waals surface area contributed by atoms with Gasteiger partial charge >= 0.3 is 6.03 Å². The Morgan fingerprint density at radius 1 is 0.861 bits per heavy atom. The lowest BCUT2D eigenvalue weighted by atomic mass is 9.80. The van der Waals surface area contributed by atoms with E-state index in [1.807, 2.05) is 100 Å². The highest BCUT2D eigenvalue weighted by molar-refractivity contribution is 5.85. The molecule has 0 bridgehead atoms. The first-order valence-electron chi connectivity index (χ1n) is 12.6. The van der Waals surface area contributed by atoms with Gasteiger partial charge in [0.2, 0.25) is 5.91 Å². The molecule has 0 aliphatic rings. The number of hydrogen-bond acceptors (Lipinski definition) is 3. The minimum absolute atomic E-state index is 0.0313. The molecule has 3 amide bonds. The van der Waals surface area contributed by atoms with Gasteiger partial charge in [0.05, 0.1) is 5.92 Å². The fraction of sp³-hybridized carbons (Fsp3) is 0.367. The molecule has 3 rings (SSSR count). The van der Waals surface area contributed by atoms with Crippen LogP contribution in [-0.2, 0) is 11.3 Å². The molecular weight excluding hydrogens is 448 g/mol. The number of nitrogens with one attached hydrogen (secondary N) is 2. The number of aromatic nitrogens is 1. The summed E-state index contributed by atoms with van der Waals surface area (Å²) in [5.41, 5.74) is 4.02. The van der Waals surface area contributed by atoms with E-state index in [2.05, 4.69) is 21.7 Å². The average molecular weight is 487 g/mol. The molecule has 2 unspecified atom stereocenters. The fourth-order valence-corrected chi connectivity index (χ4v) is 4.77. The Balaban J connectivity index is 1.88. The van der Waals surface area contributed by atoms with Gasteiger partial charge in [0.1, 0.15) is 0 Å². The van der Waals surface area contributed by atoms with E-state index >= 15 is 0 Å². The van der Waals surface area contributed by atoms with Gasteiger partial charge in [-0.25, -0.2) is 4.79 Å². The topological polar surface area (TPSA) is 74.3 Å². The molecule has 0 fully saturated rings. The Morgan fingerprint density at radius 3 is 2.17 bits per heavy atom. The summed E-state index contributed by atoms with van der Waals surface area (Å²) >= 11 is 0. The average Bonchev–Trinajstić information content (AvgIpc) is 2.86. The summed E-state index contributed by atoms with van der Waals surface area (Å²) in [7, 11) is 0. The molecule has 2 atom stereocenters. The lowest BCUT2D eigenvalue weighted by molar-refractivity contribution is -0.137. The summed E-state index contributed by atoms with van der Waals surface area (Å²) in [6, 6.07) is 21.6. The fourth-order valence-electron chi connectivity index (χ4n) is 4.77. The minimum atomic E-state index is -0.497.